The first-order valence-corrected chi connectivity index (χ1v) is 11.6. The van der Waals surface area contributed by atoms with Crippen molar-refractivity contribution in [3.63, 3.8) is 0 Å². The molecule has 0 saturated carbocycles. The smallest absolute Gasteiger partial charge is 0.323 e. The molecule has 2 aliphatic heterocycles. The van der Waals surface area contributed by atoms with E-state index in [1.807, 2.05) is 29.2 Å². The van der Waals surface area contributed by atoms with Crippen LogP contribution >= 0.6 is 0 Å². The highest BCUT2D eigenvalue weighted by atomic mass is 16.5. The van der Waals surface area contributed by atoms with E-state index < -0.39 is 6.03 Å². The molecule has 1 saturated heterocycles. The first kappa shape index (κ1) is 22.5. The average molecular weight is 474 g/mol. The van der Waals surface area contributed by atoms with E-state index in [2.05, 4.69) is 16.0 Å². The van der Waals surface area contributed by atoms with Crippen LogP contribution in [0.4, 0.5) is 26.7 Å². The number of urea groups is 2. The number of benzene rings is 2. The molecule has 3 heterocycles. The summed E-state index contributed by atoms with van der Waals surface area (Å²) >= 11 is 0. The molecule has 0 spiro atoms. The number of nitrogens with zero attached hydrogens (tertiary/aromatic N) is 2. The molecule has 2 aromatic carbocycles. The molecule has 0 unspecified atom stereocenters. The number of ether oxygens (including phenoxy) is 1. The fraction of sp³-hybridized carbons (Fsp3) is 0.269. The number of aromatic nitrogens is 1. The summed E-state index contributed by atoms with van der Waals surface area (Å²) < 4.78 is 6.91. The summed E-state index contributed by atoms with van der Waals surface area (Å²) in [6.07, 6.45) is 0.924. The number of amides is 4. The van der Waals surface area contributed by atoms with Crippen LogP contribution in [-0.4, -0.2) is 41.7 Å². The van der Waals surface area contributed by atoms with E-state index in [-0.39, 0.29) is 29.1 Å². The minimum Gasteiger partial charge on any atom is -0.497 e. The minimum atomic E-state index is -0.466. The number of anilines is 3. The number of hydrogen-bond donors (Lipinski definition) is 3. The normalized spacial score (nSPS) is 18.3. The number of nitrogens with one attached hydrogen (secondary N) is 3. The third kappa shape index (κ3) is 4.84. The van der Waals surface area contributed by atoms with Gasteiger partial charge in [0.15, 0.2) is 0 Å². The average Bonchev–Trinajstić information content (AvgIpc) is 2.87. The van der Waals surface area contributed by atoms with Gasteiger partial charge in [0.05, 0.1) is 7.11 Å². The lowest BCUT2D eigenvalue weighted by Crippen LogP contribution is -2.50. The molecule has 1 aromatic heterocycles. The fourth-order valence-electron chi connectivity index (χ4n) is 4.89. The second-order valence-electron chi connectivity index (χ2n) is 8.90. The number of hydrogen-bond acceptors (Lipinski definition) is 4. The van der Waals surface area contributed by atoms with E-state index in [9.17, 15) is 14.4 Å². The Labute approximate surface area is 202 Å². The SMILES string of the molecule is COc1ccc(NC(=O)N2C[C@H]3C[C@H](C2)c2ccc(NC(=O)Nc4ccccc4)c(=O)n2C3)cc1. The third-order valence-electron chi connectivity index (χ3n) is 6.51. The predicted molar refractivity (Wildman–Crippen MR) is 134 cm³/mol. The maximum absolute atomic E-state index is 13.2. The van der Waals surface area contributed by atoms with Gasteiger partial charge in [-0.3, -0.25) is 4.79 Å². The standard InChI is InChI=1S/C26H27N5O4/c1-35-21-9-7-20(8-10-21)28-26(34)30-14-17-13-18(16-30)23-12-11-22(24(32)31(23)15-17)29-25(33)27-19-5-3-2-4-6-19/h2-12,17-18H,13-16H2,1H3,(H,28,34)(H2,27,29,33)/t17-,18-/m1/s1. The number of likely N-dealkylation sites (tertiary alicyclic amines) is 1. The summed E-state index contributed by atoms with van der Waals surface area (Å²) in [6.45, 7) is 1.60. The van der Waals surface area contributed by atoms with Gasteiger partial charge in [-0.15, -0.1) is 0 Å². The lowest BCUT2D eigenvalue weighted by atomic mass is 9.83. The Morgan fingerprint density at radius 2 is 1.60 bits per heavy atom. The molecule has 5 rings (SSSR count). The number of piperidine rings is 1. The molecule has 0 aliphatic carbocycles. The summed E-state index contributed by atoms with van der Waals surface area (Å²) in [5, 5.41) is 8.34. The fourth-order valence-corrected chi connectivity index (χ4v) is 4.89. The number of fused-ring (bicyclic) bond motifs is 4. The monoisotopic (exact) mass is 473 g/mol. The molecule has 9 nitrogen and oxygen atoms in total. The van der Waals surface area contributed by atoms with Gasteiger partial charge in [-0.05, 0) is 60.9 Å². The largest absolute Gasteiger partial charge is 0.497 e. The number of carbonyl (C=O) groups is 2. The van der Waals surface area contributed by atoms with Crippen LogP contribution in [0.5, 0.6) is 5.75 Å². The first-order valence-electron chi connectivity index (χ1n) is 11.6. The summed E-state index contributed by atoms with van der Waals surface area (Å²) in [5.74, 6) is 0.946. The van der Waals surface area contributed by atoms with Gasteiger partial charge in [0.1, 0.15) is 11.4 Å². The van der Waals surface area contributed by atoms with Crippen LogP contribution in [-0.2, 0) is 6.54 Å². The number of methoxy groups -OCH3 is 1. The molecular weight excluding hydrogens is 446 g/mol. The van der Waals surface area contributed by atoms with Gasteiger partial charge in [0.2, 0.25) is 0 Å². The number of para-hydroxylation sites is 1. The maximum atomic E-state index is 13.2. The van der Waals surface area contributed by atoms with Gasteiger partial charge < -0.3 is 30.2 Å². The van der Waals surface area contributed by atoms with Crippen LogP contribution < -0.4 is 26.2 Å². The maximum Gasteiger partial charge on any atom is 0.323 e. The summed E-state index contributed by atoms with van der Waals surface area (Å²) in [4.78, 5) is 40.3. The van der Waals surface area contributed by atoms with Crippen molar-refractivity contribution < 1.29 is 14.3 Å². The van der Waals surface area contributed by atoms with E-state index in [1.165, 1.54) is 0 Å². The van der Waals surface area contributed by atoms with Crippen LogP contribution in [0.15, 0.2) is 71.5 Å². The van der Waals surface area contributed by atoms with Crippen LogP contribution in [0.3, 0.4) is 0 Å². The van der Waals surface area contributed by atoms with Crippen LogP contribution in [0.25, 0.3) is 0 Å². The van der Waals surface area contributed by atoms with Crippen molar-refractivity contribution in [3.05, 3.63) is 82.8 Å². The van der Waals surface area contributed by atoms with Crippen molar-refractivity contribution in [2.24, 2.45) is 5.92 Å². The van der Waals surface area contributed by atoms with Crippen molar-refractivity contribution in [1.29, 1.82) is 0 Å². The molecule has 3 aromatic rings. The van der Waals surface area contributed by atoms with Crippen molar-refractivity contribution >= 4 is 29.1 Å². The van der Waals surface area contributed by atoms with Crippen LogP contribution in [0, 0.1) is 5.92 Å². The van der Waals surface area contributed by atoms with E-state index >= 15 is 0 Å². The Kier molecular flexibility index (Phi) is 6.13. The Morgan fingerprint density at radius 3 is 2.34 bits per heavy atom. The van der Waals surface area contributed by atoms with Crippen molar-refractivity contribution in [1.82, 2.24) is 9.47 Å². The highest BCUT2D eigenvalue weighted by Gasteiger charge is 2.36. The molecule has 9 heteroatoms. The zero-order chi connectivity index (χ0) is 24.4. The Morgan fingerprint density at radius 1 is 0.857 bits per heavy atom. The van der Waals surface area contributed by atoms with Gasteiger partial charge >= 0.3 is 12.1 Å². The minimum absolute atomic E-state index is 0.0593. The van der Waals surface area contributed by atoms with E-state index in [4.69, 9.17) is 4.74 Å². The second-order valence-corrected chi connectivity index (χ2v) is 8.90. The van der Waals surface area contributed by atoms with Crippen molar-refractivity contribution in [2.45, 2.75) is 18.9 Å². The highest BCUT2D eigenvalue weighted by molar-refractivity contribution is 5.99. The zero-order valence-corrected chi connectivity index (χ0v) is 19.4. The van der Waals surface area contributed by atoms with Crippen molar-refractivity contribution in [3.8, 4) is 5.75 Å². The van der Waals surface area contributed by atoms with Crippen LogP contribution in [0.2, 0.25) is 0 Å². The van der Waals surface area contributed by atoms with E-state index in [1.54, 1.807) is 54.1 Å². The molecule has 180 valence electrons. The molecule has 1 fully saturated rings. The van der Waals surface area contributed by atoms with Gasteiger partial charge in [-0.2, -0.15) is 0 Å². The third-order valence-corrected chi connectivity index (χ3v) is 6.51. The predicted octanol–water partition coefficient (Wildman–Crippen LogP) is 4.15. The zero-order valence-electron chi connectivity index (χ0n) is 19.4. The summed E-state index contributed by atoms with van der Waals surface area (Å²) in [6, 6.07) is 19.2. The molecule has 2 atom stereocenters. The molecule has 3 N–H and O–H groups in total. The van der Waals surface area contributed by atoms with Gasteiger partial charge in [-0.25, -0.2) is 9.59 Å². The van der Waals surface area contributed by atoms with Gasteiger partial charge in [-0.1, -0.05) is 18.2 Å². The molecule has 2 bridgehead atoms. The molecule has 2 aliphatic rings. The molecule has 0 radical (unpaired) electrons. The quantitative estimate of drug-likeness (QED) is 0.529. The first-order chi connectivity index (χ1) is 17.0. The summed E-state index contributed by atoms with van der Waals surface area (Å²) in [7, 11) is 1.60. The number of pyridine rings is 1. The van der Waals surface area contributed by atoms with Gasteiger partial charge in [0.25, 0.3) is 5.56 Å². The molecular formula is C26H27N5O4. The van der Waals surface area contributed by atoms with E-state index in [0.29, 0.717) is 31.0 Å². The Bertz CT molecular complexity index is 1290. The number of rotatable bonds is 4. The highest BCUT2D eigenvalue weighted by Crippen LogP contribution is 2.35. The lowest BCUT2D eigenvalue weighted by Gasteiger charge is -2.42. The molecule has 4 amide bonds. The lowest BCUT2D eigenvalue weighted by molar-refractivity contribution is 0.139. The Hall–Kier alpha value is -4.27. The van der Waals surface area contributed by atoms with Gasteiger partial charge in [0, 0.05) is 42.6 Å². The topological polar surface area (TPSA) is 105 Å². The van der Waals surface area contributed by atoms with Crippen LogP contribution in [0.1, 0.15) is 18.0 Å². The molecule has 35 heavy (non-hydrogen) atoms. The Balaban J connectivity index is 1.27. The number of carbonyl (C=O) groups excluding carboxylic acids is 2. The summed E-state index contributed by atoms with van der Waals surface area (Å²) in [5.41, 5.74) is 2.24. The van der Waals surface area contributed by atoms with Crippen molar-refractivity contribution in [2.75, 3.05) is 36.1 Å². The van der Waals surface area contributed by atoms with E-state index in [0.717, 1.165) is 17.9 Å². The second kappa shape index (κ2) is 9.54.